The van der Waals surface area contributed by atoms with Gasteiger partial charge in [-0.1, -0.05) is 0 Å². The van der Waals surface area contributed by atoms with Crippen molar-refractivity contribution < 1.29 is 4.79 Å². The SMILES string of the molecule is CC(N)CCCN1CCCC1=O. The lowest BCUT2D eigenvalue weighted by Gasteiger charge is -2.15. The highest BCUT2D eigenvalue weighted by Gasteiger charge is 2.18. The highest BCUT2D eigenvalue weighted by atomic mass is 16.2. The number of amides is 1. The van der Waals surface area contributed by atoms with Gasteiger partial charge in [-0.3, -0.25) is 4.79 Å². The third kappa shape index (κ3) is 2.81. The first-order valence-electron chi connectivity index (χ1n) is 4.73. The summed E-state index contributed by atoms with van der Waals surface area (Å²) >= 11 is 0. The van der Waals surface area contributed by atoms with Gasteiger partial charge in [-0.05, 0) is 26.2 Å². The second-order valence-electron chi connectivity index (χ2n) is 3.60. The van der Waals surface area contributed by atoms with Crippen molar-refractivity contribution in [2.24, 2.45) is 5.73 Å². The van der Waals surface area contributed by atoms with E-state index in [-0.39, 0.29) is 6.04 Å². The van der Waals surface area contributed by atoms with Gasteiger partial charge in [-0.15, -0.1) is 0 Å². The Labute approximate surface area is 73.9 Å². The summed E-state index contributed by atoms with van der Waals surface area (Å²) in [4.78, 5) is 13.1. The number of carbonyl (C=O) groups is 1. The summed E-state index contributed by atoms with van der Waals surface area (Å²) in [5.41, 5.74) is 5.61. The molecule has 1 fully saturated rings. The molecule has 0 radical (unpaired) electrons. The molecule has 1 unspecified atom stereocenters. The first kappa shape index (κ1) is 9.52. The molecule has 0 aromatic carbocycles. The lowest BCUT2D eigenvalue weighted by molar-refractivity contribution is -0.127. The normalized spacial score (nSPS) is 20.2. The summed E-state index contributed by atoms with van der Waals surface area (Å²) in [6.45, 7) is 3.87. The topological polar surface area (TPSA) is 46.3 Å². The van der Waals surface area contributed by atoms with Crippen LogP contribution in [-0.4, -0.2) is 29.9 Å². The highest BCUT2D eigenvalue weighted by Crippen LogP contribution is 2.10. The molecule has 1 amide bonds. The molecule has 1 aliphatic heterocycles. The molecule has 1 rings (SSSR count). The number of likely N-dealkylation sites (tertiary alicyclic amines) is 1. The Morgan fingerprint density at radius 1 is 1.67 bits per heavy atom. The van der Waals surface area contributed by atoms with Crippen LogP contribution in [0.4, 0.5) is 0 Å². The molecule has 1 aliphatic rings. The number of hydrogen-bond acceptors (Lipinski definition) is 2. The smallest absolute Gasteiger partial charge is 0.222 e. The molecule has 12 heavy (non-hydrogen) atoms. The molecule has 0 aliphatic carbocycles. The Hall–Kier alpha value is -0.570. The minimum absolute atomic E-state index is 0.266. The Morgan fingerprint density at radius 2 is 2.42 bits per heavy atom. The second kappa shape index (κ2) is 4.45. The molecule has 0 bridgehead atoms. The van der Waals surface area contributed by atoms with Gasteiger partial charge in [-0.2, -0.15) is 0 Å². The first-order chi connectivity index (χ1) is 5.70. The average molecular weight is 170 g/mol. The molecule has 0 aromatic rings. The molecular formula is C9H18N2O. The zero-order valence-corrected chi connectivity index (χ0v) is 7.75. The van der Waals surface area contributed by atoms with Crippen LogP contribution >= 0.6 is 0 Å². The standard InChI is InChI=1S/C9H18N2O/c1-8(10)4-2-6-11-7-3-5-9(11)12/h8H,2-7,10H2,1H3. The van der Waals surface area contributed by atoms with Crippen molar-refractivity contribution in [2.45, 2.75) is 38.6 Å². The number of hydrogen-bond donors (Lipinski definition) is 1. The summed E-state index contributed by atoms with van der Waals surface area (Å²) in [6.07, 6.45) is 3.85. The summed E-state index contributed by atoms with van der Waals surface area (Å²) in [5, 5.41) is 0. The van der Waals surface area contributed by atoms with Gasteiger partial charge in [0.1, 0.15) is 0 Å². The summed E-state index contributed by atoms with van der Waals surface area (Å²) in [6, 6.07) is 0.266. The van der Waals surface area contributed by atoms with E-state index < -0.39 is 0 Å². The van der Waals surface area contributed by atoms with E-state index in [0.717, 1.165) is 38.8 Å². The predicted molar refractivity (Wildman–Crippen MR) is 48.7 cm³/mol. The van der Waals surface area contributed by atoms with Crippen molar-refractivity contribution in [3.8, 4) is 0 Å². The molecule has 0 spiro atoms. The predicted octanol–water partition coefficient (Wildman–Crippen LogP) is 0.736. The Balaban J connectivity index is 2.10. The van der Waals surface area contributed by atoms with Crippen LogP contribution in [0.3, 0.4) is 0 Å². The average Bonchev–Trinajstić information content (AvgIpc) is 2.36. The van der Waals surface area contributed by atoms with Crippen LogP contribution < -0.4 is 5.73 Å². The van der Waals surface area contributed by atoms with E-state index in [2.05, 4.69) is 0 Å². The maximum atomic E-state index is 11.1. The van der Waals surface area contributed by atoms with E-state index in [1.165, 1.54) is 0 Å². The summed E-state index contributed by atoms with van der Waals surface area (Å²) in [5.74, 6) is 0.319. The van der Waals surface area contributed by atoms with Gasteiger partial charge in [0.2, 0.25) is 5.91 Å². The number of rotatable bonds is 4. The van der Waals surface area contributed by atoms with Crippen molar-refractivity contribution in [2.75, 3.05) is 13.1 Å². The fraction of sp³-hybridized carbons (Fsp3) is 0.889. The minimum atomic E-state index is 0.266. The van der Waals surface area contributed by atoms with Gasteiger partial charge in [0.05, 0.1) is 0 Å². The van der Waals surface area contributed by atoms with E-state index in [1.54, 1.807) is 0 Å². The molecule has 1 atom stereocenters. The van der Waals surface area contributed by atoms with Gasteiger partial charge in [0, 0.05) is 25.6 Å². The Bertz CT molecular complexity index is 157. The molecular weight excluding hydrogens is 152 g/mol. The largest absolute Gasteiger partial charge is 0.343 e. The van der Waals surface area contributed by atoms with Crippen LogP contribution in [0, 0.1) is 0 Å². The molecule has 0 saturated carbocycles. The maximum Gasteiger partial charge on any atom is 0.222 e. The lowest BCUT2D eigenvalue weighted by Crippen LogP contribution is -2.27. The van der Waals surface area contributed by atoms with E-state index in [0.29, 0.717) is 5.91 Å². The van der Waals surface area contributed by atoms with E-state index >= 15 is 0 Å². The van der Waals surface area contributed by atoms with Gasteiger partial charge in [0.15, 0.2) is 0 Å². The quantitative estimate of drug-likeness (QED) is 0.676. The fourth-order valence-corrected chi connectivity index (χ4v) is 1.54. The van der Waals surface area contributed by atoms with Crippen LogP contribution in [0.1, 0.15) is 32.6 Å². The maximum absolute atomic E-state index is 11.1. The summed E-state index contributed by atoms with van der Waals surface area (Å²) < 4.78 is 0. The third-order valence-electron chi connectivity index (χ3n) is 2.26. The van der Waals surface area contributed by atoms with E-state index in [4.69, 9.17) is 5.73 Å². The van der Waals surface area contributed by atoms with Crippen molar-refractivity contribution in [1.29, 1.82) is 0 Å². The Morgan fingerprint density at radius 3 is 2.92 bits per heavy atom. The van der Waals surface area contributed by atoms with Crippen molar-refractivity contribution in [3.63, 3.8) is 0 Å². The zero-order valence-electron chi connectivity index (χ0n) is 7.75. The molecule has 2 N–H and O–H groups in total. The van der Waals surface area contributed by atoms with Crippen molar-refractivity contribution in [3.05, 3.63) is 0 Å². The fourth-order valence-electron chi connectivity index (χ4n) is 1.54. The van der Waals surface area contributed by atoms with E-state index in [9.17, 15) is 4.79 Å². The Kier molecular flexibility index (Phi) is 3.53. The molecule has 1 heterocycles. The highest BCUT2D eigenvalue weighted by molar-refractivity contribution is 5.77. The molecule has 70 valence electrons. The minimum Gasteiger partial charge on any atom is -0.343 e. The number of carbonyl (C=O) groups excluding carboxylic acids is 1. The third-order valence-corrected chi connectivity index (χ3v) is 2.26. The van der Waals surface area contributed by atoms with E-state index in [1.807, 2.05) is 11.8 Å². The van der Waals surface area contributed by atoms with Crippen LogP contribution in [0.25, 0.3) is 0 Å². The summed E-state index contributed by atoms with van der Waals surface area (Å²) in [7, 11) is 0. The number of nitrogens with two attached hydrogens (primary N) is 1. The monoisotopic (exact) mass is 170 g/mol. The van der Waals surface area contributed by atoms with Crippen LogP contribution in [0.15, 0.2) is 0 Å². The second-order valence-corrected chi connectivity index (χ2v) is 3.60. The molecule has 0 aromatic heterocycles. The van der Waals surface area contributed by atoms with Crippen LogP contribution in [0.5, 0.6) is 0 Å². The molecule has 3 nitrogen and oxygen atoms in total. The van der Waals surface area contributed by atoms with Gasteiger partial charge < -0.3 is 10.6 Å². The number of nitrogens with zero attached hydrogens (tertiary/aromatic N) is 1. The lowest BCUT2D eigenvalue weighted by atomic mass is 10.2. The zero-order chi connectivity index (χ0) is 8.97. The van der Waals surface area contributed by atoms with Crippen LogP contribution in [0.2, 0.25) is 0 Å². The van der Waals surface area contributed by atoms with Gasteiger partial charge in [-0.25, -0.2) is 0 Å². The molecule has 1 saturated heterocycles. The first-order valence-corrected chi connectivity index (χ1v) is 4.73. The van der Waals surface area contributed by atoms with Crippen molar-refractivity contribution in [1.82, 2.24) is 4.90 Å². The van der Waals surface area contributed by atoms with Crippen LogP contribution in [-0.2, 0) is 4.79 Å². The van der Waals surface area contributed by atoms with Gasteiger partial charge in [0.25, 0.3) is 0 Å². The van der Waals surface area contributed by atoms with Crippen molar-refractivity contribution >= 4 is 5.91 Å². The molecule has 3 heteroatoms. The van der Waals surface area contributed by atoms with Gasteiger partial charge >= 0.3 is 0 Å².